The van der Waals surface area contributed by atoms with Crippen molar-refractivity contribution in [3.8, 4) is 0 Å². The van der Waals surface area contributed by atoms with Crippen LogP contribution in [0.4, 0.5) is 0 Å². The van der Waals surface area contributed by atoms with Gasteiger partial charge in [-0.15, -0.1) is 0 Å². The molecule has 0 aromatic rings. The van der Waals surface area contributed by atoms with Crippen LogP contribution in [0, 0.1) is 0 Å². The van der Waals surface area contributed by atoms with E-state index in [0.29, 0.717) is 0 Å². The van der Waals surface area contributed by atoms with E-state index in [4.69, 9.17) is 19.3 Å². The highest BCUT2D eigenvalue weighted by molar-refractivity contribution is 5.89. The van der Waals surface area contributed by atoms with Crippen molar-refractivity contribution in [3.05, 3.63) is 0 Å². The summed E-state index contributed by atoms with van der Waals surface area (Å²) in [6.07, 6.45) is -4.37. The van der Waals surface area contributed by atoms with Crippen molar-refractivity contribution in [3.63, 3.8) is 0 Å². The van der Waals surface area contributed by atoms with E-state index in [1.165, 1.54) is 6.92 Å². The van der Waals surface area contributed by atoms with E-state index in [0.717, 1.165) is 0 Å². The van der Waals surface area contributed by atoms with Gasteiger partial charge in [-0.1, -0.05) is 6.92 Å². The number of hydrogen-bond acceptors (Lipinski definition) is 8. The van der Waals surface area contributed by atoms with E-state index in [1.807, 2.05) is 0 Å². The Morgan fingerprint density at radius 1 is 0.960 bits per heavy atom. The quantitative estimate of drug-likeness (QED) is 0.427. The van der Waals surface area contributed by atoms with Crippen LogP contribution in [-0.4, -0.2) is 58.0 Å². The van der Waals surface area contributed by atoms with Gasteiger partial charge in [-0.05, 0) is 34.1 Å². The summed E-state index contributed by atoms with van der Waals surface area (Å²) in [4.78, 5) is 46.7. The summed E-state index contributed by atoms with van der Waals surface area (Å²) in [6, 6.07) is 0. The van der Waals surface area contributed by atoms with Gasteiger partial charge >= 0.3 is 23.9 Å². The molecule has 0 spiro atoms. The minimum Gasteiger partial charge on any atom is -0.481 e. The van der Waals surface area contributed by atoms with Gasteiger partial charge in [0, 0.05) is 0 Å². The normalized spacial score (nSPS) is 14.6. The van der Waals surface area contributed by atoms with Crippen molar-refractivity contribution in [2.24, 2.45) is 0 Å². The van der Waals surface area contributed by atoms with Crippen molar-refractivity contribution in [2.45, 2.75) is 77.8 Å². The third-order valence-corrected chi connectivity index (χ3v) is 2.99. The Balaban J connectivity index is 5.25. The molecule has 0 rings (SSSR count). The molecule has 0 aliphatic carbocycles. The summed E-state index contributed by atoms with van der Waals surface area (Å²) in [5.41, 5.74) is -2.32. The van der Waals surface area contributed by atoms with Crippen LogP contribution in [0.3, 0.4) is 0 Å². The fraction of sp³-hybridized carbons (Fsp3) is 0.750. The van der Waals surface area contributed by atoms with Gasteiger partial charge in [-0.25, -0.2) is 9.59 Å². The summed E-state index contributed by atoms with van der Waals surface area (Å²) in [5.74, 6) is -4.52. The van der Waals surface area contributed by atoms with Crippen LogP contribution in [0.5, 0.6) is 0 Å². The number of ether oxygens (including phenoxy) is 3. The Bertz CT molecular complexity index is 498. The topological polar surface area (TPSA) is 136 Å². The van der Waals surface area contributed by atoms with Crippen LogP contribution in [0.1, 0.15) is 53.9 Å². The Labute approximate surface area is 146 Å². The van der Waals surface area contributed by atoms with Crippen molar-refractivity contribution in [1.82, 2.24) is 0 Å². The molecule has 0 fully saturated rings. The number of aliphatic carboxylic acids is 1. The van der Waals surface area contributed by atoms with Gasteiger partial charge in [0.1, 0.15) is 0 Å². The van der Waals surface area contributed by atoms with Gasteiger partial charge in [0.25, 0.3) is 0 Å². The summed E-state index contributed by atoms with van der Waals surface area (Å²) in [7, 11) is 0. The van der Waals surface area contributed by atoms with Crippen molar-refractivity contribution in [1.29, 1.82) is 0 Å². The van der Waals surface area contributed by atoms with Crippen molar-refractivity contribution < 1.29 is 43.6 Å². The van der Waals surface area contributed by atoms with Gasteiger partial charge < -0.3 is 24.4 Å². The van der Waals surface area contributed by atoms with Gasteiger partial charge in [0.2, 0.25) is 6.10 Å². The van der Waals surface area contributed by atoms with Crippen LogP contribution in [-0.2, 0) is 33.4 Å². The van der Waals surface area contributed by atoms with E-state index in [-0.39, 0.29) is 6.42 Å². The molecule has 0 saturated heterocycles. The molecule has 0 aromatic heterocycles. The monoisotopic (exact) mass is 362 g/mol. The molecule has 0 saturated carbocycles. The number of carboxylic acid groups (broad SMARTS) is 1. The fourth-order valence-corrected chi connectivity index (χ4v) is 1.77. The largest absolute Gasteiger partial charge is 0.481 e. The first-order chi connectivity index (χ1) is 11.4. The highest BCUT2D eigenvalue weighted by Crippen LogP contribution is 2.20. The molecule has 0 aliphatic heterocycles. The summed E-state index contributed by atoms with van der Waals surface area (Å²) in [5, 5.41) is 18.9. The van der Waals surface area contributed by atoms with Crippen LogP contribution in [0.15, 0.2) is 0 Å². The lowest BCUT2D eigenvalue weighted by molar-refractivity contribution is -0.187. The molecule has 0 radical (unpaired) electrons. The predicted octanol–water partition coefficient (Wildman–Crippen LogP) is 0.807. The average molecular weight is 362 g/mol. The van der Waals surface area contributed by atoms with Gasteiger partial charge in [0.05, 0.1) is 25.0 Å². The van der Waals surface area contributed by atoms with Gasteiger partial charge in [0.15, 0.2) is 5.60 Å². The molecule has 9 heteroatoms. The molecular weight excluding hydrogens is 336 g/mol. The first kappa shape index (κ1) is 22.8. The SMILES string of the molecule is CCC(O)(CC(=O)O)C(=O)OC(CC(=O)OC(C)C)C(=O)OC(C)C. The van der Waals surface area contributed by atoms with E-state index < -0.39 is 60.6 Å². The Morgan fingerprint density at radius 2 is 1.48 bits per heavy atom. The lowest BCUT2D eigenvalue weighted by Gasteiger charge is -2.26. The first-order valence-corrected chi connectivity index (χ1v) is 7.96. The number of carbonyl (C=O) groups excluding carboxylic acids is 3. The minimum atomic E-state index is -2.32. The number of carbonyl (C=O) groups is 4. The molecule has 9 nitrogen and oxygen atoms in total. The highest BCUT2D eigenvalue weighted by Gasteiger charge is 2.41. The standard InChI is InChI=1S/C16H26O9/c1-6-16(22,8-12(17)18)15(21)25-11(14(20)24-10(4)5)7-13(19)23-9(2)3/h9-11,22H,6-8H2,1-5H3,(H,17,18). The summed E-state index contributed by atoms with van der Waals surface area (Å²) >= 11 is 0. The van der Waals surface area contributed by atoms with Crippen LogP contribution in [0.2, 0.25) is 0 Å². The molecule has 0 amide bonds. The second-order valence-electron chi connectivity index (χ2n) is 6.08. The third-order valence-electron chi connectivity index (χ3n) is 2.99. The summed E-state index contributed by atoms with van der Waals surface area (Å²) in [6.45, 7) is 7.73. The Kier molecular flexibility index (Phi) is 9.11. The summed E-state index contributed by atoms with van der Waals surface area (Å²) < 4.78 is 14.7. The lowest BCUT2D eigenvalue weighted by Crippen LogP contribution is -2.45. The molecule has 144 valence electrons. The molecule has 0 bridgehead atoms. The second kappa shape index (κ2) is 9.97. The molecule has 25 heavy (non-hydrogen) atoms. The second-order valence-corrected chi connectivity index (χ2v) is 6.08. The third kappa shape index (κ3) is 8.48. The number of aliphatic hydroxyl groups is 1. The maximum Gasteiger partial charge on any atom is 0.348 e. The molecule has 0 heterocycles. The minimum absolute atomic E-state index is 0.249. The van der Waals surface area contributed by atoms with E-state index in [2.05, 4.69) is 0 Å². The number of esters is 3. The van der Waals surface area contributed by atoms with Crippen molar-refractivity contribution in [2.75, 3.05) is 0 Å². The zero-order chi connectivity index (χ0) is 19.8. The Hall–Kier alpha value is -2.16. The number of rotatable bonds is 10. The lowest BCUT2D eigenvalue weighted by atomic mass is 9.96. The van der Waals surface area contributed by atoms with Crippen LogP contribution < -0.4 is 0 Å². The number of carboxylic acids is 1. The smallest absolute Gasteiger partial charge is 0.348 e. The molecule has 2 unspecified atom stereocenters. The molecule has 0 aromatic carbocycles. The van der Waals surface area contributed by atoms with Gasteiger partial charge in [-0.2, -0.15) is 0 Å². The van der Waals surface area contributed by atoms with E-state index in [9.17, 15) is 24.3 Å². The molecular formula is C16H26O9. The molecule has 2 atom stereocenters. The van der Waals surface area contributed by atoms with E-state index >= 15 is 0 Å². The fourth-order valence-electron chi connectivity index (χ4n) is 1.77. The van der Waals surface area contributed by atoms with Crippen molar-refractivity contribution >= 4 is 23.9 Å². The average Bonchev–Trinajstić information content (AvgIpc) is 2.43. The molecule has 0 aliphatic rings. The zero-order valence-corrected chi connectivity index (χ0v) is 15.1. The molecule has 2 N–H and O–H groups in total. The highest BCUT2D eigenvalue weighted by atomic mass is 16.6. The van der Waals surface area contributed by atoms with E-state index in [1.54, 1.807) is 27.7 Å². The van der Waals surface area contributed by atoms with Crippen LogP contribution in [0.25, 0.3) is 0 Å². The maximum absolute atomic E-state index is 12.1. The van der Waals surface area contributed by atoms with Gasteiger partial charge in [-0.3, -0.25) is 9.59 Å². The predicted molar refractivity (Wildman–Crippen MR) is 84.4 cm³/mol. The first-order valence-electron chi connectivity index (χ1n) is 7.96. The zero-order valence-electron chi connectivity index (χ0n) is 15.1. The number of hydrogen-bond donors (Lipinski definition) is 2. The maximum atomic E-state index is 12.1. The van der Waals surface area contributed by atoms with Crippen LogP contribution >= 0.6 is 0 Å². The Morgan fingerprint density at radius 3 is 1.88 bits per heavy atom.